The molecule has 1 N–H and O–H groups in total. The van der Waals surface area contributed by atoms with Crippen LogP contribution in [0, 0.1) is 11.8 Å². The Balaban J connectivity index is 1.52. The summed E-state index contributed by atoms with van der Waals surface area (Å²) >= 11 is 1.61. The summed E-state index contributed by atoms with van der Waals surface area (Å²) in [7, 11) is 0. The van der Waals surface area contributed by atoms with Crippen LogP contribution in [0.2, 0.25) is 0 Å². The van der Waals surface area contributed by atoms with Crippen molar-refractivity contribution in [1.82, 2.24) is 10.2 Å². The fourth-order valence-electron chi connectivity index (χ4n) is 4.10. The summed E-state index contributed by atoms with van der Waals surface area (Å²) in [5.74, 6) is 1.10. The van der Waals surface area contributed by atoms with Crippen molar-refractivity contribution < 1.29 is 9.90 Å². The van der Waals surface area contributed by atoms with E-state index < -0.39 is 12.0 Å². The highest BCUT2D eigenvalue weighted by molar-refractivity contribution is 7.15. The van der Waals surface area contributed by atoms with Crippen LogP contribution in [-0.4, -0.2) is 33.9 Å². The number of hydrogen-bond donors (Lipinski definition) is 1. The van der Waals surface area contributed by atoms with Crippen LogP contribution in [0.1, 0.15) is 62.3 Å². The number of carbonyl (C=O) groups is 1. The van der Waals surface area contributed by atoms with Crippen molar-refractivity contribution in [2.24, 2.45) is 11.8 Å². The van der Waals surface area contributed by atoms with Gasteiger partial charge in [0.1, 0.15) is 11.0 Å². The SMILES string of the molecule is O=C(O)C1CC(C2CCCCC2)CN1c1nnc(C2CC2)s1. The van der Waals surface area contributed by atoms with Crippen molar-refractivity contribution in [3.05, 3.63) is 5.01 Å². The zero-order valence-corrected chi connectivity index (χ0v) is 13.6. The van der Waals surface area contributed by atoms with Crippen LogP contribution in [0.25, 0.3) is 0 Å². The molecular formula is C16H23N3O2S. The third-order valence-electron chi connectivity index (χ3n) is 5.54. The smallest absolute Gasteiger partial charge is 0.326 e. The highest BCUT2D eigenvalue weighted by atomic mass is 32.1. The van der Waals surface area contributed by atoms with E-state index in [1.54, 1.807) is 11.3 Å². The number of aromatic nitrogens is 2. The minimum Gasteiger partial charge on any atom is -0.480 e. The van der Waals surface area contributed by atoms with Gasteiger partial charge in [0.05, 0.1) is 0 Å². The highest BCUT2D eigenvalue weighted by Gasteiger charge is 2.42. The van der Waals surface area contributed by atoms with Gasteiger partial charge in [0.2, 0.25) is 5.13 Å². The third-order valence-corrected chi connectivity index (χ3v) is 6.66. The van der Waals surface area contributed by atoms with Crippen molar-refractivity contribution in [2.45, 2.75) is 63.3 Å². The van der Waals surface area contributed by atoms with Gasteiger partial charge < -0.3 is 10.0 Å². The Kier molecular flexibility index (Phi) is 3.80. The molecule has 1 aromatic heterocycles. The summed E-state index contributed by atoms with van der Waals surface area (Å²) in [6.07, 6.45) is 9.70. The maximum atomic E-state index is 11.7. The van der Waals surface area contributed by atoms with Gasteiger partial charge in [-0.2, -0.15) is 0 Å². The molecule has 0 amide bonds. The number of carboxylic acids is 1. The fourth-order valence-corrected chi connectivity index (χ4v) is 5.17. The molecule has 1 saturated heterocycles. The molecule has 3 fully saturated rings. The molecular weight excluding hydrogens is 298 g/mol. The molecule has 2 atom stereocenters. The van der Waals surface area contributed by atoms with E-state index in [1.165, 1.54) is 44.9 Å². The third kappa shape index (κ3) is 2.73. The molecule has 0 aromatic carbocycles. The maximum Gasteiger partial charge on any atom is 0.326 e. The van der Waals surface area contributed by atoms with Gasteiger partial charge in [-0.15, -0.1) is 10.2 Å². The summed E-state index contributed by atoms with van der Waals surface area (Å²) < 4.78 is 0. The van der Waals surface area contributed by atoms with Crippen molar-refractivity contribution in [2.75, 3.05) is 11.4 Å². The van der Waals surface area contributed by atoms with Gasteiger partial charge in [0.15, 0.2) is 0 Å². The van der Waals surface area contributed by atoms with E-state index in [0.29, 0.717) is 17.8 Å². The average Bonchev–Trinajstić information content (AvgIpc) is 3.11. The molecule has 1 aliphatic heterocycles. The van der Waals surface area contributed by atoms with Gasteiger partial charge in [-0.3, -0.25) is 0 Å². The molecule has 22 heavy (non-hydrogen) atoms. The molecule has 3 aliphatic rings. The van der Waals surface area contributed by atoms with Gasteiger partial charge in [-0.25, -0.2) is 4.79 Å². The standard InChI is InChI=1S/C16H23N3O2S/c20-15(21)13-8-12(10-4-2-1-3-5-10)9-19(13)16-18-17-14(22-16)11-6-7-11/h10-13H,1-9H2,(H,20,21). The monoisotopic (exact) mass is 321 g/mol. The molecule has 2 heterocycles. The van der Waals surface area contributed by atoms with Crippen molar-refractivity contribution in [1.29, 1.82) is 0 Å². The summed E-state index contributed by atoms with van der Waals surface area (Å²) in [5.41, 5.74) is 0. The average molecular weight is 321 g/mol. The molecule has 120 valence electrons. The lowest BCUT2D eigenvalue weighted by Crippen LogP contribution is -2.35. The first-order chi connectivity index (χ1) is 10.7. The number of anilines is 1. The first-order valence-electron chi connectivity index (χ1n) is 8.55. The van der Waals surface area contributed by atoms with E-state index >= 15 is 0 Å². The van der Waals surface area contributed by atoms with Crippen LogP contribution in [0.15, 0.2) is 0 Å². The van der Waals surface area contributed by atoms with Crippen LogP contribution in [0.4, 0.5) is 5.13 Å². The minimum atomic E-state index is -0.707. The number of rotatable bonds is 4. The number of aliphatic carboxylic acids is 1. The quantitative estimate of drug-likeness (QED) is 0.922. The van der Waals surface area contributed by atoms with Crippen molar-refractivity contribution in [3.8, 4) is 0 Å². The van der Waals surface area contributed by atoms with Crippen LogP contribution in [-0.2, 0) is 4.79 Å². The Labute approximate surface area is 134 Å². The fraction of sp³-hybridized carbons (Fsp3) is 0.812. The molecule has 0 spiro atoms. The highest BCUT2D eigenvalue weighted by Crippen LogP contribution is 2.45. The normalized spacial score (nSPS) is 29.9. The lowest BCUT2D eigenvalue weighted by atomic mass is 9.79. The van der Waals surface area contributed by atoms with E-state index in [-0.39, 0.29) is 0 Å². The second-order valence-electron chi connectivity index (χ2n) is 7.10. The van der Waals surface area contributed by atoms with E-state index in [0.717, 1.165) is 23.1 Å². The summed E-state index contributed by atoms with van der Waals surface area (Å²) in [5, 5.41) is 20.1. The Bertz CT molecular complexity index is 551. The predicted octanol–water partition coefficient (Wildman–Crippen LogP) is 3.28. The summed E-state index contributed by atoms with van der Waals surface area (Å²) in [6.45, 7) is 0.848. The van der Waals surface area contributed by atoms with Crippen LogP contribution < -0.4 is 4.90 Å². The molecule has 0 radical (unpaired) electrons. The molecule has 1 aromatic rings. The zero-order chi connectivity index (χ0) is 15.1. The lowest BCUT2D eigenvalue weighted by Gasteiger charge is -2.27. The molecule has 5 nitrogen and oxygen atoms in total. The summed E-state index contributed by atoms with van der Waals surface area (Å²) in [6, 6.07) is -0.410. The number of nitrogens with zero attached hydrogens (tertiary/aromatic N) is 3. The molecule has 6 heteroatoms. The van der Waals surface area contributed by atoms with Crippen LogP contribution in [0.3, 0.4) is 0 Å². The Hall–Kier alpha value is -1.17. The Morgan fingerprint density at radius 1 is 1.09 bits per heavy atom. The zero-order valence-electron chi connectivity index (χ0n) is 12.8. The van der Waals surface area contributed by atoms with Crippen molar-refractivity contribution in [3.63, 3.8) is 0 Å². The van der Waals surface area contributed by atoms with E-state index in [4.69, 9.17) is 0 Å². The van der Waals surface area contributed by atoms with E-state index in [9.17, 15) is 9.90 Å². The lowest BCUT2D eigenvalue weighted by molar-refractivity contribution is -0.138. The molecule has 0 bridgehead atoms. The molecule has 2 aliphatic carbocycles. The van der Waals surface area contributed by atoms with E-state index in [1.807, 2.05) is 4.90 Å². The van der Waals surface area contributed by atoms with Gasteiger partial charge in [-0.1, -0.05) is 43.4 Å². The number of carboxylic acid groups (broad SMARTS) is 1. The van der Waals surface area contributed by atoms with Gasteiger partial charge in [0.25, 0.3) is 0 Å². The first kappa shape index (κ1) is 14.4. The van der Waals surface area contributed by atoms with Gasteiger partial charge >= 0.3 is 5.97 Å². The Morgan fingerprint density at radius 2 is 1.86 bits per heavy atom. The minimum absolute atomic E-state index is 0.410. The second kappa shape index (κ2) is 5.80. The first-order valence-corrected chi connectivity index (χ1v) is 9.37. The van der Waals surface area contributed by atoms with E-state index in [2.05, 4.69) is 10.2 Å². The van der Waals surface area contributed by atoms with Gasteiger partial charge in [0, 0.05) is 12.5 Å². The topological polar surface area (TPSA) is 66.3 Å². The molecule has 2 saturated carbocycles. The molecule has 2 unspecified atom stereocenters. The maximum absolute atomic E-state index is 11.7. The molecule has 4 rings (SSSR count). The largest absolute Gasteiger partial charge is 0.480 e. The van der Waals surface area contributed by atoms with Crippen molar-refractivity contribution >= 4 is 22.4 Å². The second-order valence-corrected chi connectivity index (χ2v) is 8.08. The Morgan fingerprint density at radius 3 is 2.55 bits per heavy atom. The van der Waals surface area contributed by atoms with Gasteiger partial charge in [-0.05, 0) is 31.1 Å². The van der Waals surface area contributed by atoms with Crippen LogP contribution >= 0.6 is 11.3 Å². The number of hydrogen-bond acceptors (Lipinski definition) is 5. The van der Waals surface area contributed by atoms with Crippen LogP contribution in [0.5, 0.6) is 0 Å². The summed E-state index contributed by atoms with van der Waals surface area (Å²) in [4.78, 5) is 13.7. The predicted molar refractivity (Wildman–Crippen MR) is 85.3 cm³/mol.